The maximum Gasteiger partial charge on any atom is 0.250 e. The van der Waals surface area contributed by atoms with E-state index in [-0.39, 0.29) is 0 Å². The summed E-state index contributed by atoms with van der Waals surface area (Å²) in [5.74, 6) is -0.432. The summed E-state index contributed by atoms with van der Waals surface area (Å²) in [6.45, 7) is 3.35. The zero-order valence-corrected chi connectivity index (χ0v) is 13.5. The van der Waals surface area contributed by atoms with E-state index in [1.807, 2.05) is 18.2 Å². The Bertz CT molecular complexity index is 876. The van der Waals surface area contributed by atoms with Gasteiger partial charge in [-0.15, -0.1) is 0 Å². The van der Waals surface area contributed by atoms with Crippen LogP contribution < -0.4 is 5.73 Å². The summed E-state index contributed by atoms with van der Waals surface area (Å²) < 4.78 is 0. The number of hydrogen-bond donors (Lipinski definition) is 2. The van der Waals surface area contributed by atoms with Crippen molar-refractivity contribution in [2.45, 2.75) is 19.4 Å². The van der Waals surface area contributed by atoms with Gasteiger partial charge in [0.1, 0.15) is 5.65 Å². The topological polar surface area (TPSA) is 75.0 Å². The summed E-state index contributed by atoms with van der Waals surface area (Å²) in [5.41, 5.74) is 9.86. The molecule has 5 nitrogen and oxygen atoms in total. The molecule has 5 heteroatoms. The first-order valence-corrected chi connectivity index (χ1v) is 8.30. The number of pyridine rings is 1. The van der Waals surface area contributed by atoms with Gasteiger partial charge in [0.2, 0.25) is 5.91 Å². The lowest BCUT2D eigenvalue weighted by Gasteiger charge is -2.15. The highest BCUT2D eigenvalue weighted by Gasteiger charge is 2.16. The van der Waals surface area contributed by atoms with E-state index in [0.717, 1.165) is 23.1 Å². The van der Waals surface area contributed by atoms with Crippen molar-refractivity contribution in [2.75, 3.05) is 13.1 Å². The van der Waals surface area contributed by atoms with Crippen LogP contribution in [0.2, 0.25) is 0 Å². The van der Waals surface area contributed by atoms with Crippen molar-refractivity contribution in [3.63, 3.8) is 0 Å². The fraction of sp³-hybridized carbons (Fsp3) is 0.263. The van der Waals surface area contributed by atoms with Gasteiger partial charge in [0.15, 0.2) is 0 Å². The lowest BCUT2D eigenvalue weighted by molar-refractivity contribution is 0.100. The second-order valence-corrected chi connectivity index (χ2v) is 6.33. The second kappa shape index (κ2) is 6.09. The number of nitrogens with two attached hydrogens (primary N) is 1. The number of aromatic nitrogens is 2. The molecular formula is C19H20N4O. The zero-order valence-electron chi connectivity index (χ0n) is 13.5. The Balaban J connectivity index is 1.69. The van der Waals surface area contributed by atoms with Crippen LogP contribution in [0.4, 0.5) is 0 Å². The molecule has 0 radical (unpaired) electrons. The van der Waals surface area contributed by atoms with Crippen LogP contribution in [0, 0.1) is 0 Å². The molecule has 0 saturated carbocycles. The second-order valence-electron chi connectivity index (χ2n) is 6.33. The first-order chi connectivity index (χ1) is 11.7. The molecule has 0 unspecified atom stereocenters. The zero-order chi connectivity index (χ0) is 16.5. The van der Waals surface area contributed by atoms with Crippen molar-refractivity contribution >= 4 is 16.9 Å². The fourth-order valence-electron chi connectivity index (χ4n) is 3.48. The predicted octanol–water partition coefficient (Wildman–Crippen LogP) is 2.92. The fourth-order valence-corrected chi connectivity index (χ4v) is 3.48. The van der Waals surface area contributed by atoms with E-state index in [4.69, 9.17) is 5.73 Å². The number of likely N-dealkylation sites (tertiary alicyclic amines) is 1. The van der Waals surface area contributed by atoms with Crippen molar-refractivity contribution in [2.24, 2.45) is 5.73 Å². The van der Waals surface area contributed by atoms with E-state index in [1.54, 1.807) is 12.4 Å². The van der Waals surface area contributed by atoms with Gasteiger partial charge in [0.05, 0.1) is 5.56 Å². The number of nitrogens with one attached hydrogen (secondary N) is 1. The van der Waals surface area contributed by atoms with Gasteiger partial charge in [-0.2, -0.15) is 0 Å². The van der Waals surface area contributed by atoms with Gasteiger partial charge < -0.3 is 10.7 Å². The smallest absolute Gasteiger partial charge is 0.250 e. The Morgan fingerprint density at radius 1 is 1.17 bits per heavy atom. The molecule has 0 bridgehead atoms. The number of aromatic amines is 1. The quantitative estimate of drug-likeness (QED) is 0.776. The molecule has 1 aromatic carbocycles. The molecule has 122 valence electrons. The summed E-state index contributed by atoms with van der Waals surface area (Å²) in [6.07, 6.45) is 6.08. The highest BCUT2D eigenvalue weighted by Crippen LogP contribution is 2.28. The number of H-pyrrole nitrogens is 1. The van der Waals surface area contributed by atoms with E-state index >= 15 is 0 Å². The van der Waals surface area contributed by atoms with Crippen molar-refractivity contribution in [3.8, 4) is 11.1 Å². The first-order valence-electron chi connectivity index (χ1n) is 8.30. The molecule has 3 aromatic rings. The van der Waals surface area contributed by atoms with Gasteiger partial charge in [-0.3, -0.25) is 9.69 Å². The highest BCUT2D eigenvalue weighted by atomic mass is 16.1. The summed E-state index contributed by atoms with van der Waals surface area (Å²) in [7, 11) is 0. The summed E-state index contributed by atoms with van der Waals surface area (Å²) in [5, 5.41) is 0.765. The van der Waals surface area contributed by atoms with Crippen LogP contribution in [0.3, 0.4) is 0 Å². The summed E-state index contributed by atoms with van der Waals surface area (Å²) >= 11 is 0. The van der Waals surface area contributed by atoms with Crippen molar-refractivity contribution in [1.82, 2.24) is 14.9 Å². The van der Waals surface area contributed by atoms with Gasteiger partial charge in [0.25, 0.3) is 0 Å². The van der Waals surface area contributed by atoms with Gasteiger partial charge in [0, 0.05) is 29.9 Å². The van der Waals surface area contributed by atoms with E-state index in [9.17, 15) is 4.79 Å². The maximum atomic E-state index is 12.0. The van der Waals surface area contributed by atoms with E-state index in [2.05, 4.69) is 27.0 Å². The third-order valence-electron chi connectivity index (χ3n) is 4.70. The Morgan fingerprint density at radius 2 is 1.92 bits per heavy atom. The molecule has 1 aliphatic heterocycles. The van der Waals surface area contributed by atoms with Crippen molar-refractivity contribution in [3.05, 3.63) is 53.9 Å². The number of fused-ring (bicyclic) bond motifs is 1. The number of benzene rings is 1. The molecular weight excluding hydrogens is 300 g/mol. The molecule has 0 spiro atoms. The molecule has 1 fully saturated rings. The normalized spacial score (nSPS) is 15.2. The Morgan fingerprint density at radius 3 is 2.62 bits per heavy atom. The highest BCUT2D eigenvalue weighted by molar-refractivity contribution is 6.10. The predicted molar refractivity (Wildman–Crippen MR) is 94.6 cm³/mol. The van der Waals surface area contributed by atoms with E-state index in [1.165, 1.54) is 31.5 Å². The largest absolute Gasteiger partial charge is 0.366 e. The molecule has 3 N–H and O–H groups in total. The molecule has 1 amide bonds. The number of carbonyl (C=O) groups is 1. The van der Waals surface area contributed by atoms with Gasteiger partial charge in [-0.1, -0.05) is 24.3 Å². The third-order valence-corrected chi connectivity index (χ3v) is 4.70. The minimum absolute atomic E-state index is 0.432. The number of carbonyl (C=O) groups excluding carboxylic acids is 1. The Hall–Kier alpha value is -2.66. The molecule has 0 atom stereocenters. The Kier molecular flexibility index (Phi) is 3.78. The third kappa shape index (κ3) is 2.67. The standard InChI is InChI=1S/C19H20N4O/c20-18(24)17-15-7-8-21-19(15)22-11-16(17)14-5-3-13(4-6-14)12-23-9-1-2-10-23/h3-8,11H,1-2,9-10,12H2,(H2,20,24)(H,21,22). The Labute approximate surface area is 140 Å². The van der Waals surface area contributed by atoms with Crippen LogP contribution >= 0.6 is 0 Å². The maximum absolute atomic E-state index is 12.0. The first kappa shape index (κ1) is 14.9. The van der Waals surface area contributed by atoms with Crippen LogP contribution in [-0.2, 0) is 6.54 Å². The molecule has 4 rings (SSSR count). The lowest BCUT2D eigenvalue weighted by atomic mass is 9.98. The monoisotopic (exact) mass is 320 g/mol. The summed E-state index contributed by atoms with van der Waals surface area (Å²) in [6, 6.07) is 10.2. The van der Waals surface area contributed by atoms with Crippen molar-refractivity contribution < 1.29 is 4.79 Å². The number of amides is 1. The number of hydrogen-bond acceptors (Lipinski definition) is 3. The van der Waals surface area contributed by atoms with Gasteiger partial charge in [-0.05, 0) is 43.1 Å². The van der Waals surface area contributed by atoms with Crippen LogP contribution in [-0.4, -0.2) is 33.9 Å². The van der Waals surface area contributed by atoms with E-state index in [0.29, 0.717) is 11.2 Å². The minimum Gasteiger partial charge on any atom is -0.366 e. The summed E-state index contributed by atoms with van der Waals surface area (Å²) in [4.78, 5) is 21.9. The average molecular weight is 320 g/mol. The minimum atomic E-state index is -0.432. The number of nitrogens with zero attached hydrogens (tertiary/aromatic N) is 2. The lowest BCUT2D eigenvalue weighted by Crippen LogP contribution is -2.18. The number of primary amides is 1. The number of rotatable bonds is 4. The molecule has 24 heavy (non-hydrogen) atoms. The van der Waals surface area contributed by atoms with Crippen molar-refractivity contribution in [1.29, 1.82) is 0 Å². The van der Waals surface area contributed by atoms with Crippen LogP contribution in [0.5, 0.6) is 0 Å². The van der Waals surface area contributed by atoms with E-state index < -0.39 is 5.91 Å². The molecule has 1 aliphatic rings. The molecule has 0 aliphatic carbocycles. The van der Waals surface area contributed by atoms with Gasteiger partial charge in [-0.25, -0.2) is 4.98 Å². The SMILES string of the molecule is NC(=O)c1c(-c2ccc(CN3CCCC3)cc2)cnc2[nH]ccc12. The van der Waals surface area contributed by atoms with Gasteiger partial charge >= 0.3 is 0 Å². The van der Waals surface area contributed by atoms with Crippen LogP contribution in [0.25, 0.3) is 22.2 Å². The average Bonchev–Trinajstić information content (AvgIpc) is 3.25. The molecule has 2 aromatic heterocycles. The molecule has 3 heterocycles. The van der Waals surface area contributed by atoms with Crippen LogP contribution in [0.1, 0.15) is 28.8 Å². The molecule has 1 saturated heterocycles. The van der Waals surface area contributed by atoms with Crippen LogP contribution in [0.15, 0.2) is 42.7 Å².